The van der Waals surface area contributed by atoms with Crippen molar-refractivity contribution in [2.45, 2.75) is 18.4 Å². The number of morpholine rings is 1. The molecular formula is C17H20N2O4S2. The zero-order valence-electron chi connectivity index (χ0n) is 13.9. The van der Waals surface area contributed by atoms with Crippen LogP contribution in [0, 0.1) is 6.92 Å². The number of ether oxygens (including phenoxy) is 1. The molecule has 1 saturated heterocycles. The standard InChI is InChI=1S/C17H20N2O4S2/c1-13-6-7-15(24-13)17(20)18-12-14-4-2-3-5-16(14)25(21,22)19-8-10-23-11-9-19/h2-7H,8-12H2,1H3,(H,18,20). The van der Waals surface area contributed by atoms with Crippen LogP contribution in [0.3, 0.4) is 0 Å². The van der Waals surface area contributed by atoms with E-state index < -0.39 is 10.0 Å². The number of aryl methyl sites for hydroxylation is 1. The van der Waals surface area contributed by atoms with Crippen molar-refractivity contribution >= 4 is 27.3 Å². The molecular weight excluding hydrogens is 360 g/mol. The molecule has 1 aromatic heterocycles. The fourth-order valence-electron chi connectivity index (χ4n) is 2.65. The van der Waals surface area contributed by atoms with E-state index in [2.05, 4.69) is 5.32 Å². The first kappa shape index (κ1) is 18.1. The summed E-state index contributed by atoms with van der Waals surface area (Å²) in [5.74, 6) is -0.198. The van der Waals surface area contributed by atoms with Crippen LogP contribution in [0.25, 0.3) is 0 Å². The number of benzene rings is 1. The molecule has 0 radical (unpaired) electrons. The number of carbonyl (C=O) groups excluding carboxylic acids is 1. The zero-order valence-corrected chi connectivity index (χ0v) is 15.5. The minimum absolute atomic E-state index is 0.162. The Morgan fingerprint density at radius 1 is 1.20 bits per heavy atom. The summed E-state index contributed by atoms with van der Waals surface area (Å²) < 4.78 is 32.4. The summed E-state index contributed by atoms with van der Waals surface area (Å²) in [6, 6.07) is 10.4. The maximum absolute atomic E-state index is 12.9. The van der Waals surface area contributed by atoms with Crippen molar-refractivity contribution in [3.63, 3.8) is 0 Å². The molecule has 1 N–H and O–H groups in total. The average molecular weight is 380 g/mol. The molecule has 1 fully saturated rings. The third kappa shape index (κ3) is 4.09. The molecule has 0 saturated carbocycles. The van der Waals surface area contributed by atoms with E-state index in [0.29, 0.717) is 36.7 Å². The van der Waals surface area contributed by atoms with Gasteiger partial charge in [-0.1, -0.05) is 18.2 Å². The number of thiophene rings is 1. The van der Waals surface area contributed by atoms with Crippen molar-refractivity contribution < 1.29 is 17.9 Å². The van der Waals surface area contributed by atoms with Gasteiger partial charge >= 0.3 is 0 Å². The number of hydrogen-bond donors (Lipinski definition) is 1. The van der Waals surface area contributed by atoms with Crippen LogP contribution in [0.2, 0.25) is 0 Å². The number of hydrogen-bond acceptors (Lipinski definition) is 5. The Hall–Kier alpha value is -1.74. The molecule has 2 heterocycles. The lowest BCUT2D eigenvalue weighted by atomic mass is 10.2. The fourth-order valence-corrected chi connectivity index (χ4v) is 5.06. The maximum Gasteiger partial charge on any atom is 0.261 e. The van der Waals surface area contributed by atoms with Gasteiger partial charge in [0, 0.05) is 24.5 Å². The summed E-state index contributed by atoms with van der Waals surface area (Å²) in [5, 5.41) is 2.81. The van der Waals surface area contributed by atoms with Gasteiger partial charge in [-0.3, -0.25) is 4.79 Å². The predicted octanol–water partition coefficient (Wildman–Crippen LogP) is 2.01. The minimum atomic E-state index is -3.60. The third-order valence-corrected chi connectivity index (χ3v) is 6.96. The molecule has 3 rings (SSSR count). The van der Waals surface area contributed by atoms with E-state index in [1.165, 1.54) is 15.6 Å². The molecule has 0 unspecified atom stereocenters. The van der Waals surface area contributed by atoms with Crippen LogP contribution in [0.4, 0.5) is 0 Å². The monoisotopic (exact) mass is 380 g/mol. The van der Waals surface area contributed by atoms with Crippen LogP contribution >= 0.6 is 11.3 Å². The minimum Gasteiger partial charge on any atom is -0.379 e. The molecule has 0 atom stereocenters. The van der Waals surface area contributed by atoms with Crippen molar-refractivity contribution in [1.29, 1.82) is 0 Å². The van der Waals surface area contributed by atoms with Crippen LogP contribution in [0.5, 0.6) is 0 Å². The van der Waals surface area contributed by atoms with E-state index in [9.17, 15) is 13.2 Å². The summed E-state index contributed by atoms with van der Waals surface area (Å²) in [5.41, 5.74) is 0.579. The smallest absolute Gasteiger partial charge is 0.261 e. The molecule has 8 heteroatoms. The van der Waals surface area contributed by atoms with Gasteiger partial charge in [-0.05, 0) is 30.7 Å². The second-order valence-electron chi connectivity index (χ2n) is 5.72. The summed E-state index contributed by atoms with van der Waals surface area (Å²) in [6.07, 6.45) is 0. The zero-order chi connectivity index (χ0) is 17.9. The second-order valence-corrected chi connectivity index (χ2v) is 8.91. The van der Waals surface area contributed by atoms with Gasteiger partial charge in [-0.15, -0.1) is 11.3 Å². The van der Waals surface area contributed by atoms with Gasteiger partial charge < -0.3 is 10.1 Å². The Balaban J connectivity index is 1.77. The van der Waals surface area contributed by atoms with E-state index in [1.54, 1.807) is 30.3 Å². The Labute approximate surface area is 151 Å². The molecule has 0 aliphatic carbocycles. The molecule has 25 heavy (non-hydrogen) atoms. The van der Waals surface area contributed by atoms with Gasteiger partial charge in [0.2, 0.25) is 10.0 Å². The van der Waals surface area contributed by atoms with Crippen LogP contribution in [0.1, 0.15) is 20.1 Å². The maximum atomic E-state index is 12.9. The van der Waals surface area contributed by atoms with Crippen LogP contribution in [-0.2, 0) is 21.3 Å². The highest BCUT2D eigenvalue weighted by atomic mass is 32.2. The van der Waals surface area contributed by atoms with E-state index in [4.69, 9.17) is 4.74 Å². The van der Waals surface area contributed by atoms with Crippen molar-refractivity contribution in [2.75, 3.05) is 26.3 Å². The molecule has 0 spiro atoms. The van der Waals surface area contributed by atoms with Crippen molar-refractivity contribution in [3.05, 3.63) is 51.7 Å². The van der Waals surface area contributed by atoms with Crippen molar-refractivity contribution in [2.24, 2.45) is 0 Å². The summed E-state index contributed by atoms with van der Waals surface area (Å²) in [6.45, 7) is 3.59. The lowest BCUT2D eigenvalue weighted by Crippen LogP contribution is -2.41. The van der Waals surface area contributed by atoms with Gasteiger partial charge in [0.25, 0.3) is 5.91 Å². The molecule has 1 aliphatic rings. The lowest BCUT2D eigenvalue weighted by Gasteiger charge is -2.27. The number of sulfonamides is 1. The van der Waals surface area contributed by atoms with Gasteiger partial charge in [0.05, 0.1) is 23.0 Å². The van der Waals surface area contributed by atoms with Gasteiger partial charge in [0.1, 0.15) is 0 Å². The second kappa shape index (κ2) is 7.65. The molecule has 134 valence electrons. The Morgan fingerprint density at radius 2 is 1.92 bits per heavy atom. The Morgan fingerprint density at radius 3 is 2.60 bits per heavy atom. The number of nitrogens with zero attached hydrogens (tertiary/aromatic N) is 1. The van der Waals surface area contributed by atoms with Crippen LogP contribution < -0.4 is 5.32 Å². The third-order valence-electron chi connectivity index (χ3n) is 3.96. The molecule has 0 bridgehead atoms. The SMILES string of the molecule is Cc1ccc(C(=O)NCc2ccccc2S(=O)(=O)N2CCOCC2)s1. The predicted molar refractivity (Wildman–Crippen MR) is 96.2 cm³/mol. The molecule has 6 nitrogen and oxygen atoms in total. The first-order chi connectivity index (χ1) is 12.0. The highest BCUT2D eigenvalue weighted by Crippen LogP contribution is 2.21. The van der Waals surface area contributed by atoms with Crippen LogP contribution in [-0.4, -0.2) is 44.9 Å². The summed E-state index contributed by atoms with van der Waals surface area (Å²) in [7, 11) is -3.60. The molecule has 1 aromatic carbocycles. The van der Waals surface area contributed by atoms with E-state index >= 15 is 0 Å². The average Bonchev–Trinajstić information content (AvgIpc) is 3.07. The summed E-state index contributed by atoms with van der Waals surface area (Å²) in [4.78, 5) is 14.1. The fraction of sp³-hybridized carbons (Fsp3) is 0.353. The van der Waals surface area contributed by atoms with Crippen molar-refractivity contribution in [1.82, 2.24) is 9.62 Å². The summed E-state index contributed by atoms with van der Waals surface area (Å²) >= 11 is 1.41. The number of nitrogens with one attached hydrogen (secondary N) is 1. The molecule has 2 aromatic rings. The highest BCUT2D eigenvalue weighted by molar-refractivity contribution is 7.89. The largest absolute Gasteiger partial charge is 0.379 e. The van der Waals surface area contributed by atoms with Gasteiger partial charge in [-0.25, -0.2) is 8.42 Å². The van der Waals surface area contributed by atoms with E-state index in [1.807, 2.05) is 13.0 Å². The lowest BCUT2D eigenvalue weighted by molar-refractivity contribution is 0.0730. The van der Waals surface area contributed by atoms with E-state index in [0.717, 1.165) is 4.88 Å². The van der Waals surface area contributed by atoms with Gasteiger partial charge in [-0.2, -0.15) is 4.31 Å². The van der Waals surface area contributed by atoms with Crippen molar-refractivity contribution in [3.8, 4) is 0 Å². The highest BCUT2D eigenvalue weighted by Gasteiger charge is 2.28. The first-order valence-electron chi connectivity index (χ1n) is 7.99. The number of amides is 1. The number of carbonyl (C=O) groups is 1. The quantitative estimate of drug-likeness (QED) is 0.861. The Bertz CT molecular complexity index is 855. The topological polar surface area (TPSA) is 75.7 Å². The molecule has 1 amide bonds. The Kier molecular flexibility index (Phi) is 5.53. The normalized spacial score (nSPS) is 15.9. The van der Waals surface area contributed by atoms with E-state index in [-0.39, 0.29) is 17.3 Å². The van der Waals surface area contributed by atoms with Gasteiger partial charge in [0.15, 0.2) is 0 Å². The number of rotatable bonds is 5. The van der Waals surface area contributed by atoms with Crippen LogP contribution in [0.15, 0.2) is 41.3 Å². The molecule has 1 aliphatic heterocycles. The first-order valence-corrected chi connectivity index (χ1v) is 10.2.